The zero-order valence-electron chi connectivity index (χ0n) is 13.5. The van der Waals surface area contributed by atoms with Gasteiger partial charge in [-0.1, -0.05) is 11.8 Å². The number of nitrogens with one attached hydrogen (secondary N) is 1. The van der Waals surface area contributed by atoms with Crippen molar-refractivity contribution in [2.75, 3.05) is 11.1 Å². The summed E-state index contributed by atoms with van der Waals surface area (Å²) in [6, 6.07) is 8.59. The zero-order valence-corrected chi connectivity index (χ0v) is 14.4. The van der Waals surface area contributed by atoms with Crippen molar-refractivity contribution in [1.29, 1.82) is 0 Å². The molecule has 0 fully saturated rings. The van der Waals surface area contributed by atoms with Gasteiger partial charge in [0.05, 0.1) is 5.75 Å². The summed E-state index contributed by atoms with van der Waals surface area (Å²) >= 11 is 1.12. The summed E-state index contributed by atoms with van der Waals surface area (Å²) in [6.07, 6.45) is 0. The van der Waals surface area contributed by atoms with E-state index in [-0.39, 0.29) is 17.3 Å². The largest absolute Gasteiger partial charge is 0.325 e. The molecule has 0 aliphatic carbocycles. The molecule has 0 radical (unpaired) electrons. The van der Waals surface area contributed by atoms with E-state index >= 15 is 0 Å². The van der Waals surface area contributed by atoms with Gasteiger partial charge in [-0.25, -0.2) is 13.2 Å². The molecule has 134 valence electrons. The lowest BCUT2D eigenvalue weighted by molar-refractivity contribution is -0.113. The van der Waals surface area contributed by atoms with Crippen LogP contribution in [0.4, 0.5) is 18.9 Å². The highest BCUT2D eigenvalue weighted by Gasteiger charge is 2.13. The minimum absolute atomic E-state index is 0.0203. The highest BCUT2D eigenvalue weighted by atomic mass is 32.2. The van der Waals surface area contributed by atoms with E-state index in [1.807, 2.05) is 0 Å². The Kier molecular flexibility index (Phi) is 5.27. The molecular formula is C17H13F3N4OS. The quantitative estimate of drug-likeness (QED) is 0.689. The number of amides is 1. The second-order valence-corrected chi connectivity index (χ2v) is 6.31. The maximum atomic E-state index is 13.1. The molecule has 2 aromatic carbocycles. The molecule has 3 rings (SSSR count). The van der Waals surface area contributed by atoms with Crippen LogP contribution in [-0.4, -0.2) is 26.4 Å². The Balaban J connectivity index is 1.64. The molecule has 5 nitrogen and oxygen atoms in total. The number of hydrogen-bond donors (Lipinski definition) is 1. The smallest absolute Gasteiger partial charge is 0.234 e. The van der Waals surface area contributed by atoms with Gasteiger partial charge in [-0.15, -0.1) is 10.2 Å². The van der Waals surface area contributed by atoms with Gasteiger partial charge < -0.3 is 9.88 Å². The van der Waals surface area contributed by atoms with Crippen LogP contribution in [0.25, 0.3) is 11.4 Å². The number of anilines is 1. The fraction of sp³-hybridized carbons (Fsp3) is 0.118. The molecule has 0 aliphatic heterocycles. The van der Waals surface area contributed by atoms with Gasteiger partial charge in [-0.05, 0) is 36.4 Å². The van der Waals surface area contributed by atoms with Crippen LogP contribution < -0.4 is 5.32 Å². The summed E-state index contributed by atoms with van der Waals surface area (Å²) in [6.45, 7) is 0. The van der Waals surface area contributed by atoms with Crippen LogP contribution >= 0.6 is 11.8 Å². The number of carbonyl (C=O) groups is 1. The highest BCUT2D eigenvalue weighted by molar-refractivity contribution is 7.99. The number of halogens is 3. The molecule has 1 N–H and O–H groups in total. The van der Waals surface area contributed by atoms with E-state index in [0.29, 0.717) is 16.5 Å². The van der Waals surface area contributed by atoms with Crippen LogP contribution in [0, 0.1) is 17.5 Å². The number of carbonyl (C=O) groups excluding carboxylic acids is 1. The van der Waals surface area contributed by atoms with Crippen molar-refractivity contribution in [3.8, 4) is 11.4 Å². The number of benzene rings is 2. The molecule has 0 aliphatic rings. The summed E-state index contributed by atoms with van der Waals surface area (Å²) in [5.41, 5.74) is 0.728. The molecule has 1 aromatic heterocycles. The molecule has 1 amide bonds. The molecule has 0 bridgehead atoms. The Morgan fingerprint density at radius 3 is 2.35 bits per heavy atom. The predicted octanol–water partition coefficient (Wildman–Crippen LogP) is 3.63. The molecule has 3 aromatic rings. The topological polar surface area (TPSA) is 59.8 Å². The Morgan fingerprint density at radius 1 is 1.04 bits per heavy atom. The molecule has 26 heavy (non-hydrogen) atoms. The third kappa shape index (κ3) is 4.23. The minimum Gasteiger partial charge on any atom is -0.325 e. The van der Waals surface area contributed by atoms with Crippen LogP contribution in [0.15, 0.2) is 47.6 Å². The van der Waals surface area contributed by atoms with Gasteiger partial charge in [0.25, 0.3) is 0 Å². The summed E-state index contributed by atoms with van der Waals surface area (Å²) in [7, 11) is 1.72. The average molecular weight is 378 g/mol. The van der Waals surface area contributed by atoms with Crippen LogP contribution in [0.1, 0.15) is 0 Å². The number of nitrogens with zero attached hydrogens (tertiary/aromatic N) is 3. The summed E-state index contributed by atoms with van der Waals surface area (Å²) in [4.78, 5) is 12.0. The van der Waals surface area contributed by atoms with Gasteiger partial charge in [0, 0.05) is 24.4 Å². The summed E-state index contributed by atoms with van der Waals surface area (Å²) in [5, 5.41) is 10.9. The fourth-order valence-corrected chi connectivity index (χ4v) is 2.96. The van der Waals surface area contributed by atoms with Gasteiger partial charge in [0.2, 0.25) is 5.91 Å². The molecule has 0 atom stereocenters. The third-order valence-corrected chi connectivity index (χ3v) is 4.44. The van der Waals surface area contributed by atoms with Crippen molar-refractivity contribution in [2.45, 2.75) is 5.16 Å². The number of rotatable bonds is 5. The van der Waals surface area contributed by atoms with E-state index in [1.54, 1.807) is 23.7 Å². The molecular weight excluding hydrogens is 365 g/mol. The molecule has 0 saturated carbocycles. The van der Waals surface area contributed by atoms with Gasteiger partial charge in [-0.2, -0.15) is 0 Å². The number of aromatic nitrogens is 3. The van der Waals surface area contributed by atoms with E-state index in [2.05, 4.69) is 15.5 Å². The van der Waals surface area contributed by atoms with Crippen molar-refractivity contribution in [1.82, 2.24) is 14.8 Å². The number of hydrogen-bond acceptors (Lipinski definition) is 4. The fourth-order valence-electron chi connectivity index (χ4n) is 2.24. The Labute approximate surface area is 151 Å². The maximum Gasteiger partial charge on any atom is 0.234 e. The first kappa shape index (κ1) is 18.0. The van der Waals surface area contributed by atoms with Crippen molar-refractivity contribution in [2.24, 2.45) is 7.05 Å². The lowest BCUT2D eigenvalue weighted by Crippen LogP contribution is -2.14. The van der Waals surface area contributed by atoms with Crippen LogP contribution in [0.5, 0.6) is 0 Å². The van der Waals surface area contributed by atoms with Crippen molar-refractivity contribution < 1.29 is 18.0 Å². The normalized spacial score (nSPS) is 10.8. The summed E-state index contributed by atoms with van der Waals surface area (Å²) < 4.78 is 40.9. The molecule has 9 heteroatoms. The monoisotopic (exact) mass is 378 g/mol. The Morgan fingerprint density at radius 2 is 1.69 bits per heavy atom. The van der Waals surface area contributed by atoms with Crippen LogP contribution in [0.3, 0.4) is 0 Å². The lowest BCUT2D eigenvalue weighted by Gasteiger charge is -2.06. The average Bonchev–Trinajstić information content (AvgIpc) is 2.93. The van der Waals surface area contributed by atoms with E-state index in [0.717, 1.165) is 30.0 Å². The molecule has 0 unspecified atom stereocenters. The van der Waals surface area contributed by atoms with Crippen molar-refractivity contribution in [3.05, 3.63) is 59.9 Å². The standard InChI is InChI=1S/C17H13F3N4OS/c1-24-16(10-2-4-11(18)5-3-10)22-23-17(24)26-9-15(25)21-14-7-12(19)6-13(20)8-14/h2-8H,9H2,1H3,(H,21,25). The first-order valence-corrected chi connectivity index (χ1v) is 8.45. The van der Waals surface area contributed by atoms with Crippen molar-refractivity contribution >= 4 is 23.4 Å². The van der Waals surface area contributed by atoms with Gasteiger partial charge in [0.1, 0.15) is 17.5 Å². The maximum absolute atomic E-state index is 13.1. The van der Waals surface area contributed by atoms with E-state index in [9.17, 15) is 18.0 Å². The lowest BCUT2D eigenvalue weighted by atomic mass is 10.2. The van der Waals surface area contributed by atoms with Gasteiger partial charge >= 0.3 is 0 Å². The van der Waals surface area contributed by atoms with Crippen molar-refractivity contribution in [3.63, 3.8) is 0 Å². The van der Waals surface area contributed by atoms with Crippen LogP contribution in [0.2, 0.25) is 0 Å². The first-order chi connectivity index (χ1) is 12.4. The minimum atomic E-state index is -0.773. The Hall–Kier alpha value is -2.81. The second kappa shape index (κ2) is 7.61. The molecule has 0 saturated heterocycles. The Bertz CT molecular complexity index is 923. The second-order valence-electron chi connectivity index (χ2n) is 5.37. The summed E-state index contributed by atoms with van der Waals surface area (Å²) in [5.74, 6) is -1.83. The number of thioether (sulfide) groups is 1. The van der Waals surface area contributed by atoms with Gasteiger partial charge in [0.15, 0.2) is 11.0 Å². The van der Waals surface area contributed by atoms with Crippen LogP contribution in [-0.2, 0) is 11.8 Å². The SMILES string of the molecule is Cn1c(SCC(=O)Nc2cc(F)cc(F)c2)nnc1-c1ccc(F)cc1. The highest BCUT2D eigenvalue weighted by Crippen LogP contribution is 2.23. The van der Waals surface area contributed by atoms with E-state index in [1.165, 1.54) is 12.1 Å². The van der Waals surface area contributed by atoms with E-state index in [4.69, 9.17) is 0 Å². The molecule has 0 spiro atoms. The van der Waals surface area contributed by atoms with Gasteiger partial charge in [-0.3, -0.25) is 4.79 Å². The predicted molar refractivity (Wildman–Crippen MR) is 92.1 cm³/mol. The third-order valence-electron chi connectivity index (χ3n) is 3.42. The van der Waals surface area contributed by atoms with E-state index < -0.39 is 17.5 Å². The first-order valence-electron chi connectivity index (χ1n) is 7.46. The molecule has 1 heterocycles. The zero-order chi connectivity index (χ0) is 18.7.